The molecule has 122 valence electrons. The van der Waals surface area contributed by atoms with Crippen molar-refractivity contribution in [2.75, 3.05) is 13.2 Å². The van der Waals surface area contributed by atoms with E-state index < -0.39 is 10.4 Å². The van der Waals surface area contributed by atoms with Crippen molar-refractivity contribution in [1.82, 2.24) is 0 Å². The molecule has 0 fully saturated rings. The van der Waals surface area contributed by atoms with Gasteiger partial charge in [0.25, 0.3) is 0 Å². The molecular formula is C14H29NaO5S. The van der Waals surface area contributed by atoms with Gasteiger partial charge in [0.1, 0.15) is 0 Å². The zero-order valence-electron chi connectivity index (χ0n) is 13.6. The van der Waals surface area contributed by atoms with Gasteiger partial charge in [-0.05, 0) is 12.8 Å². The van der Waals surface area contributed by atoms with E-state index in [0.29, 0.717) is 13.0 Å². The first-order valence-electron chi connectivity index (χ1n) is 7.52. The van der Waals surface area contributed by atoms with E-state index in [0.717, 1.165) is 12.8 Å². The van der Waals surface area contributed by atoms with Crippen LogP contribution in [0.25, 0.3) is 0 Å². The van der Waals surface area contributed by atoms with Crippen LogP contribution in [0, 0.1) is 6.92 Å². The van der Waals surface area contributed by atoms with Crippen molar-refractivity contribution in [2.24, 2.45) is 0 Å². The van der Waals surface area contributed by atoms with Gasteiger partial charge in [0.05, 0.1) is 12.7 Å². The molecule has 0 rings (SSSR count). The largest absolute Gasteiger partial charge is 1.00 e. The van der Waals surface area contributed by atoms with Gasteiger partial charge in [0.2, 0.25) is 0 Å². The second kappa shape index (κ2) is 15.7. The van der Waals surface area contributed by atoms with Crippen LogP contribution in [-0.2, 0) is 19.3 Å². The molecule has 0 aromatic heterocycles. The molecule has 0 spiro atoms. The molecule has 0 amide bonds. The molecule has 1 unspecified atom stereocenters. The Kier molecular flexibility index (Phi) is 18.0. The maximum atomic E-state index is 10.4. The van der Waals surface area contributed by atoms with Crippen molar-refractivity contribution in [3.63, 3.8) is 0 Å². The van der Waals surface area contributed by atoms with Crippen molar-refractivity contribution >= 4 is 10.4 Å². The van der Waals surface area contributed by atoms with E-state index in [1.807, 2.05) is 0 Å². The smallest absolute Gasteiger partial charge is 0.410 e. The first kappa shape index (κ1) is 24.1. The molecule has 0 heterocycles. The second-order valence-electron chi connectivity index (χ2n) is 4.94. The molecule has 0 aromatic carbocycles. The van der Waals surface area contributed by atoms with E-state index in [-0.39, 0.29) is 42.3 Å². The molecular weight excluding hydrogens is 303 g/mol. The average molecular weight is 332 g/mol. The predicted octanol–water partition coefficient (Wildman–Crippen LogP) is 0.560. The fraction of sp³-hybridized carbons (Fsp3) is 0.929. The van der Waals surface area contributed by atoms with Crippen molar-refractivity contribution in [2.45, 2.75) is 70.8 Å². The third kappa shape index (κ3) is 18.8. The number of unbranched alkanes of at least 4 members (excludes halogenated alkanes) is 6. The molecule has 1 atom stereocenters. The Morgan fingerprint density at radius 2 is 1.62 bits per heavy atom. The third-order valence-corrected chi connectivity index (χ3v) is 3.62. The van der Waals surface area contributed by atoms with Crippen molar-refractivity contribution in [3.05, 3.63) is 6.92 Å². The number of hydrogen-bond donors (Lipinski definition) is 1. The fourth-order valence-electron chi connectivity index (χ4n) is 2.09. The summed E-state index contributed by atoms with van der Waals surface area (Å²) in [7, 11) is -4.34. The second-order valence-corrected chi connectivity index (χ2v) is 6.03. The summed E-state index contributed by atoms with van der Waals surface area (Å²) >= 11 is 0. The van der Waals surface area contributed by atoms with Crippen LogP contribution >= 0.6 is 0 Å². The quantitative estimate of drug-likeness (QED) is 0.218. The summed E-state index contributed by atoms with van der Waals surface area (Å²) in [6, 6.07) is 0. The van der Waals surface area contributed by atoms with Crippen LogP contribution in [0.15, 0.2) is 0 Å². The van der Waals surface area contributed by atoms with E-state index in [2.05, 4.69) is 18.0 Å². The Labute approximate surface area is 152 Å². The maximum absolute atomic E-state index is 10.4. The first-order chi connectivity index (χ1) is 9.49. The van der Waals surface area contributed by atoms with Crippen LogP contribution in [0.5, 0.6) is 0 Å². The molecule has 0 saturated heterocycles. The zero-order chi connectivity index (χ0) is 15.3. The van der Waals surface area contributed by atoms with Gasteiger partial charge in [-0.1, -0.05) is 58.5 Å². The van der Waals surface area contributed by atoms with Crippen molar-refractivity contribution in [1.29, 1.82) is 0 Å². The van der Waals surface area contributed by atoms with Crippen LogP contribution < -0.4 is 29.6 Å². The van der Waals surface area contributed by atoms with Gasteiger partial charge in [-0.25, -0.2) is 4.18 Å². The Hall–Kier alpha value is 0.830. The van der Waals surface area contributed by atoms with Crippen LogP contribution in [0.4, 0.5) is 0 Å². The summed E-state index contributed by atoms with van der Waals surface area (Å²) in [5.74, 6) is 0. The van der Waals surface area contributed by atoms with Crippen LogP contribution in [0.2, 0.25) is 0 Å². The topological polar surface area (TPSA) is 72.8 Å². The van der Waals surface area contributed by atoms with Gasteiger partial charge >= 0.3 is 40.0 Å². The van der Waals surface area contributed by atoms with Crippen LogP contribution in [-0.4, -0.2) is 32.3 Å². The van der Waals surface area contributed by atoms with Crippen molar-refractivity contribution in [3.8, 4) is 0 Å². The minimum atomic E-state index is -4.34. The van der Waals surface area contributed by atoms with E-state index in [1.54, 1.807) is 0 Å². The van der Waals surface area contributed by atoms with Gasteiger partial charge in [0, 0.05) is 0 Å². The number of ether oxygens (including phenoxy) is 1. The first-order valence-corrected chi connectivity index (χ1v) is 8.88. The molecule has 0 radical (unpaired) electrons. The molecule has 0 aliphatic rings. The molecule has 0 aliphatic heterocycles. The van der Waals surface area contributed by atoms with Gasteiger partial charge in [0.15, 0.2) is 0 Å². The van der Waals surface area contributed by atoms with E-state index in [4.69, 9.17) is 9.29 Å². The summed E-state index contributed by atoms with van der Waals surface area (Å²) in [4.78, 5) is 0. The summed E-state index contributed by atoms with van der Waals surface area (Å²) in [5.41, 5.74) is 0. The SMILES string of the molecule is [CH2-]COC(CCCCCCCCC)CCOS(=O)(=O)O.[Na+]. The predicted molar refractivity (Wildman–Crippen MR) is 79.8 cm³/mol. The Morgan fingerprint density at radius 3 is 2.14 bits per heavy atom. The maximum Gasteiger partial charge on any atom is 1.00 e. The van der Waals surface area contributed by atoms with E-state index >= 15 is 0 Å². The van der Waals surface area contributed by atoms with Gasteiger partial charge in [-0.15, -0.1) is 0 Å². The summed E-state index contributed by atoms with van der Waals surface area (Å²) in [6.45, 7) is 6.13. The Bertz CT molecular complexity index is 308. The minimum Gasteiger partial charge on any atom is -0.410 e. The number of rotatable bonds is 14. The molecule has 5 nitrogen and oxygen atoms in total. The van der Waals surface area contributed by atoms with Crippen LogP contribution in [0.3, 0.4) is 0 Å². The molecule has 0 aliphatic carbocycles. The molecule has 1 N–H and O–H groups in total. The summed E-state index contributed by atoms with van der Waals surface area (Å²) in [6.07, 6.45) is 9.88. The van der Waals surface area contributed by atoms with E-state index in [9.17, 15) is 8.42 Å². The molecule has 0 bridgehead atoms. The average Bonchev–Trinajstić information content (AvgIpc) is 2.36. The fourth-order valence-corrected chi connectivity index (χ4v) is 2.40. The normalized spacial score (nSPS) is 12.9. The molecule has 0 saturated carbocycles. The van der Waals surface area contributed by atoms with Crippen LogP contribution in [0.1, 0.15) is 64.7 Å². The molecule has 0 aromatic rings. The van der Waals surface area contributed by atoms with E-state index in [1.165, 1.54) is 38.5 Å². The number of hydrogen-bond acceptors (Lipinski definition) is 4. The van der Waals surface area contributed by atoms with Crippen molar-refractivity contribution < 1.29 is 51.4 Å². The summed E-state index contributed by atoms with van der Waals surface area (Å²) in [5, 5.41) is 0. The summed E-state index contributed by atoms with van der Waals surface area (Å²) < 4.78 is 39.1. The van der Waals surface area contributed by atoms with Gasteiger partial charge < -0.3 is 11.7 Å². The molecule has 21 heavy (non-hydrogen) atoms. The Morgan fingerprint density at radius 1 is 1.05 bits per heavy atom. The Balaban J connectivity index is 0. The standard InChI is InChI=1S/C14H29O5S.Na/c1-3-5-6-7-8-9-10-11-14(18-4-2)12-13-19-20(15,16)17;/h14H,2-13H2,1H3,(H,15,16,17);/q-1;+1. The zero-order valence-corrected chi connectivity index (χ0v) is 16.4. The minimum absolute atomic E-state index is 0. The third-order valence-electron chi connectivity index (χ3n) is 3.16. The molecule has 7 heteroatoms. The monoisotopic (exact) mass is 332 g/mol. The van der Waals surface area contributed by atoms with Gasteiger partial charge in [-0.2, -0.15) is 8.42 Å². The van der Waals surface area contributed by atoms with Gasteiger partial charge in [-0.3, -0.25) is 4.55 Å².